The molecule has 16 heavy (non-hydrogen) atoms. The van der Waals surface area contributed by atoms with Crippen LogP contribution in [0.25, 0.3) is 10.4 Å². The molecule has 0 bridgehead atoms. The van der Waals surface area contributed by atoms with Crippen molar-refractivity contribution in [2.45, 2.75) is 6.92 Å². The molecular weight excluding hydrogens is 229 g/mol. The van der Waals surface area contributed by atoms with Crippen molar-refractivity contribution in [1.29, 1.82) is 0 Å². The fourth-order valence-corrected chi connectivity index (χ4v) is 2.27. The third-order valence-electron chi connectivity index (χ3n) is 2.09. The maximum atomic E-state index is 12.7. The highest BCUT2D eigenvalue weighted by atomic mass is 32.1. The number of aromatic carboxylic acids is 1. The van der Waals surface area contributed by atoms with Crippen LogP contribution in [0.4, 0.5) is 4.39 Å². The van der Waals surface area contributed by atoms with Crippen LogP contribution in [0.3, 0.4) is 0 Å². The van der Waals surface area contributed by atoms with Gasteiger partial charge < -0.3 is 5.11 Å². The van der Waals surface area contributed by atoms with Gasteiger partial charge in [0.05, 0.1) is 10.6 Å². The molecule has 1 aromatic heterocycles. The molecule has 0 radical (unpaired) electrons. The Labute approximate surface area is 95.2 Å². The molecule has 0 amide bonds. The van der Waals surface area contributed by atoms with Crippen molar-refractivity contribution in [3.05, 3.63) is 40.8 Å². The van der Waals surface area contributed by atoms with Crippen LogP contribution in [-0.4, -0.2) is 16.1 Å². The van der Waals surface area contributed by atoms with E-state index in [0.717, 1.165) is 21.8 Å². The minimum absolute atomic E-state index is 0.0526. The van der Waals surface area contributed by atoms with Gasteiger partial charge in [-0.2, -0.15) is 0 Å². The zero-order valence-corrected chi connectivity index (χ0v) is 9.21. The van der Waals surface area contributed by atoms with E-state index in [2.05, 4.69) is 4.98 Å². The third-order valence-corrected chi connectivity index (χ3v) is 3.28. The van der Waals surface area contributed by atoms with Crippen molar-refractivity contribution in [3.63, 3.8) is 0 Å². The van der Waals surface area contributed by atoms with Crippen molar-refractivity contribution >= 4 is 17.3 Å². The fraction of sp³-hybridized carbons (Fsp3) is 0.0909. The number of halogens is 1. The monoisotopic (exact) mass is 237 g/mol. The van der Waals surface area contributed by atoms with E-state index in [1.54, 1.807) is 19.1 Å². The second kappa shape index (κ2) is 4.02. The molecule has 5 heteroatoms. The Balaban J connectivity index is 2.47. The Kier molecular flexibility index (Phi) is 2.70. The molecule has 1 heterocycles. The van der Waals surface area contributed by atoms with Crippen LogP contribution in [0.2, 0.25) is 0 Å². The van der Waals surface area contributed by atoms with Gasteiger partial charge in [-0.25, -0.2) is 14.2 Å². The second-order valence-corrected chi connectivity index (χ2v) is 4.24. The molecule has 0 aliphatic carbocycles. The van der Waals surface area contributed by atoms with Crippen LogP contribution >= 0.6 is 11.3 Å². The van der Waals surface area contributed by atoms with E-state index < -0.39 is 5.97 Å². The number of thiazole rings is 1. The summed E-state index contributed by atoms with van der Waals surface area (Å²) >= 11 is 1.09. The Bertz CT molecular complexity index is 533. The number of carboxylic acids is 1. The zero-order chi connectivity index (χ0) is 11.7. The topological polar surface area (TPSA) is 50.2 Å². The Morgan fingerprint density at radius 2 is 2.00 bits per heavy atom. The molecule has 0 saturated heterocycles. The SMILES string of the molecule is Cc1nc(C(=O)O)sc1-c1ccc(F)cc1. The lowest BCUT2D eigenvalue weighted by molar-refractivity contribution is 0.0696. The molecule has 0 atom stereocenters. The molecule has 2 aromatic rings. The number of carbonyl (C=O) groups is 1. The summed E-state index contributed by atoms with van der Waals surface area (Å²) in [7, 11) is 0. The van der Waals surface area contributed by atoms with Gasteiger partial charge in [0.1, 0.15) is 5.82 Å². The van der Waals surface area contributed by atoms with Gasteiger partial charge in [0.15, 0.2) is 0 Å². The van der Waals surface area contributed by atoms with E-state index in [1.165, 1.54) is 12.1 Å². The summed E-state index contributed by atoms with van der Waals surface area (Å²) in [5.74, 6) is -1.36. The van der Waals surface area contributed by atoms with E-state index >= 15 is 0 Å². The van der Waals surface area contributed by atoms with Gasteiger partial charge >= 0.3 is 5.97 Å². The first-order chi connectivity index (χ1) is 7.58. The maximum absolute atomic E-state index is 12.7. The minimum atomic E-state index is -1.04. The standard InChI is InChI=1S/C11H8FNO2S/c1-6-9(16-10(13-6)11(14)15)7-2-4-8(12)5-3-7/h2-5H,1H3,(H,14,15). The van der Waals surface area contributed by atoms with Crippen molar-refractivity contribution in [3.8, 4) is 10.4 Å². The van der Waals surface area contributed by atoms with Crippen LogP contribution in [0, 0.1) is 12.7 Å². The molecule has 0 unspecified atom stereocenters. The van der Waals surface area contributed by atoms with E-state index in [-0.39, 0.29) is 10.8 Å². The van der Waals surface area contributed by atoms with Gasteiger partial charge in [-0.15, -0.1) is 11.3 Å². The van der Waals surface area contributed by atoms with Crippen LogP contribution in [0.1, 0.15) is 15.5 Å². The second-order valence-electron chi connectivity index (χ2n) is 3.25. The van der Waals surface area contributed by atoms with Gasteiger partial charge in [-0.1, -0.05) is 12.1 Å². The number of hydrogen-bond acceptors (Lipinski definition) is 3. The predicted molar refractivity (Wildman–Crippen MR) is 59.2 cm³/mol. The summed E-state index contributed by atoms with van der Waals surface area (Å²) in [5.41, 5.74) is 1.43. The molecule has 0 fully saturated rings. The van der Waals surface area contributed by atoms with Gasteiger partial charge in [0.25, 0.3) is 0 Å². The summed E-state index contributed by atoms with van der Waals surface area (Å²) in [4.78, 5) is 15.4. The van der Waals surface area contributed by atoms with E-state index in [0.29, 0.717) is 5.69 Å². The highest BCUT2D eigenvalue weighted by Crippen LogP contribution is 2.29. The first-order valence-corrected chi connectivity index (χ1v) is 5.36. The van der Waals surface area contributed by atoms with E-state index in [1.807, 2.05) is 0 Å². The Morgan fingerprint density at radius 3 is 2.50 bits per heavy atom. The Hall–Kier alpha value is -1.75. The average Bonchev–Trinajstić information content (AvgIpc) is 2.62. The first-order valence-electron chi connectivity index (χ1n) is 4.54. The fourth-order valence-electron chi connectivity index (χ4n) is 1.36. The van der Waals surface area contributed by atoms with Crippen LogP contribution in [0.15, 0.2) is 24.3 Å². The number of rotatable bonds is 2. The summed E-state index contributed by atoms with van der Waals surface area (Å²) in [6, 6.07) is 5.91. The smallest absolute Gasteiger partial charge is 0.365 e. The lowest BCUT2D eigenvalue weighted by Gasteiger charge is -1.97. The highest BCUT2D eigenvalue weighted by molar-refractivity contribution is 7.17. The van der Waals surface area contributed by atoms with Gasteiger partial charge in [-0.3, -0.25) is 0 Å². The van der Waals surface area contributed by atoms with E-state index in [9.17, 15) is 9.18 Å². The average molecular weight is 237 g/mol. The molecule has 1 N–H and O–H groups in total. The van der Waals surface area contributed by atoms with Gasteiger partial charge in [0, 0.05) is 0 Å². The summed E-state index contributed by atoms with van der Waals surface area (Å²) in [6.07, 6.45) is 0. The minimum Gasteiger partial charge on any atom is -0.476 e. The molecule has 0 saturated carbocycles. The number of aromatic nitrogens is 1. The number of aryl methyl sites for hydroxylation is 1. The van der Waals surface area contributed by atoms with Crippen molar-refractivity contribution < 1.29 is 14.3 Å². The molecule has 0 aliphatic rings. The summed E-state index contributed by atoms with van der Waals surface area (Å²) < 4.78 is 12.7. The molecule has 2 rings (SSSR count). The number of carboxylic acid groups (broad SMARTS) is 1. The number of benzene rings is 1. The molecule has 1 aromatic carbocycles. The number of hydrogen-bond donors (Lipinski definition) is 1. The summed E-state index contributed by atoms with van der Waals surface area (Å²) in [6.45, 7) is 1.74. The maximum Gasteiger partial charge on any atom is 0.365 e. The lowest BCUT2D eigenvalue weighted by atomic mass is 10.1. The molecule has 82 valence electrons. The van der Waals surface area contributed by atoms with Crippen LogP contribution < -0.4 is 0 Å². The largest absolute Gasteiger partial charge is 0.476 e. The number of nitrogens with zero attached hydrogens (tertiary/aromatic N) is 1. The quantitative estimate of drug-likeness (QED) is 0.873. The van der Waals surface area contributed by atoms with Gasteiger partial charge in [0.2, 0.25) is 5.01 Å². The predicted octanol–water partition coefficient (Wildman–Crippen LogP) is 2.96. The molecule has 0 aliphatic heterocycles. The first kappa shape index (κ1) is 10.8. The molecule has 0 spiro atoms. The zero-order valence-electron chi connectivity index (χ0n) is 8.40. The summed E-state index contributed by atoms with van der Waals surface area (Å²) in [5, 5.41) is 8.85. The molecular formula is C11H8FNO2S. The van der Waals surface area contributed by atoms with Gasteiger partial charge in [-0.05, 0) is 24.6 Å². The Morgan fingerprint density at radius 1 is 1.38 bits per heavy atom. The van der Waals surface area contributed by atoms with Crippen LogP contribution in [-0.2, 0) is 0 Å². The third kappa shape index (κ3) is 1.94. The van der Waals surface area contributed by atoms with Crippen molar-refractivity contribution in [2.75, 3.05) is 0 Å². The normalized spacial score (nSPS) is 10.4. The highest BCUT2D eigenvalue weighted by Gasteiger charge is 2.14. The van der Waals surface area contributed by atoms with Crippen molar-refractivity contribution in [1.82, 2.24) is 4.98 Å². The van der Waals surface area contributed by atoms with Crippen molar-refractivity contribution in [2.24, 2.45) is 0 Å². The lowest BCUT2D eigenvalue weighted by Crippen LogP contribution is -1.93. The van der Waals surface area contributed by atoms with E-state index in [4.69, 9.17) is 5.11 Å². The molecule has 3 nitrogen and oxygen atoms in total. The van der Waals surface area contributed by atoms with Crippen LogP contribution in [0.5, 0.6) is 0 Å².